The first-order valence-corrected chi connectivity index (χ1v) is 9.32. The van der Waals surface area contributed by atoms with Crippen molar-refractivity contribution in [2.75, 3.05) is 0 Å². The predicted octanol–water partition coefficient (Wildman–Crippen LogP) is 5.53. The molecule has 1 aromatic rings. The molecule has 146 valence electrons. The summed E-state index contributed by atoms with van der Waals surface area (Å²) >= 11 is 0. The van der Waals surface area contributed by atoms with Gasteiger partial charge in [-0.25, -0.2) is 9.59 Å². The third-order valence-electron chi connectivity index (χ3n) is 6.26. The van der Waals surface area contributed by atoms with Crippen LogP contribution in [0.2, 0.25) is 0 Å². The van der Waals surface area contributed by atoms with Crippen LogP contribution in [0.3, 0.4) is 0 Å². The molecule has 0 aromatic heterocycles. The average Bonchev–Trinajstić information content (AvgIpc) is 2.47. The monoisotopic (exact) mass is 362 g/mol. The Bertz CT molecular complexity index is 682. The molecule has 0 amide bonds. The van der Waals surface area contributed by atoms with Crippen molar-refractivity contribution >= 4 is 11.9 Å². The molecule has 0 fully saturated rings. The SMILES string of the molecule is CC(C)C(C)(C)Cc1ccc(C(=O)O)c(C(=O)O)c1CC(C)(C)C(C)C. The summed E-state index contributed by atoms with van der Waals surface area (Å²) in [5.41, 5.74) is 1.28. The topological polar surface area (TPSA) is 74.6 Å². The van der Waals surface area contributed by atoms with Crippen molar-refractivity contribution in [2.45, 2.75) is 68.2 Å². The van der Waals surface area contributed by atoms with E-state index in [0.717, 1.165) is 5.56 Å². The zero-order chi connectivity index (χ0) is 20.4. The number of hydrogen-bond acceptors (Lipinski definition) is 2. The van der Waals surface area contributed by atoms with E-state index in [1.165, 1.54) is 6.07 Å². The first kappa shape index (κ1) is 22.2. The first-order valence-electron chi connectivity index (χ1n) is 9.32. The van der Waals surface area contributed by atoms with E-state index in [2.05, 4.69) is 55.4 Å². The molecule has 2 N–H and O–H groups in total. The average molecular weight is 363 g/mol. The molecule has 0 radical (unpaired) electrons. The van der Waals surface area contributed by atoms with E-state index in [9.17, 15) is 19.8 Å². The van der Waals surface area contributed by atoms with Crippen LogP contribution < -0.4 is 0 Å². The lowest BCUT2D eigenvalue weighted by Gasteiger charge is -2.34. The third-order valence-corrected chi connectivity index (χ3v) is 6.26. The van der Waals surface area contributed by atoms with Crippen molar-refractivity contribution in [1.82, 2.24) is 0 Å². The van der Waals surface area contributed by atoms with Crippen LogP contribution in [0.1, 0.15) is 87.2 Å². The van der Waals surface area contributed by atoms with E-state index in [1.807, 2.05) is 6.07 Å². The van der Waals surface area contributed by atoms with Crippen molar-refractivity contribution in [2.24, 2.45) is 22.7 Å². The molecule has 0 aliphatic rings. The number of benzene rings is 1. The molecule has 0 unspecified atom stereocenters. The predicted molar refractivity (Wildman–Crippen MR) is 105 cm³/mol. The highest BCUT2D eigenvalue weighted by Crippen LogP contribution is 2.38. The summed E-state index contributed by atoms with van der Waals surface area (Å²) in [5.74, 6) is -1.61. The van der Waals surface area contributed by atoms with Crippen LogP contribution in [-0.4, -0.2) is 22.2 Å². The van der Waals surface area contributed by atoms with Gasteiger partial charge in [0.15, 0.2) is 0 Å². The molecule has 26 heavy (non-hydrogen) atoms. The fraction of sp³-hybridized carbons (Fsp3) is 0.636. The molecule has 0 bridgehead atoms. The maximum Gasteiger partial charge on any atom is 0.336 e. The van der Waals surface area contributed by atoms with Gasteiger partial charge in [0.05, 0.1) is 11.1 Å². The van der Waals surface area contributed by atoms with E-state index in [4.69, 9.17) is 0 Å². The maximum absolute atomic E-state index is 12.0. The van der Waals surface area contributed by atoms with E-state index >= 15 is 0 Å². The summed E-state index contributed by atoms with van der Waals surface area (Å²) in [5, 5.41) is 19.3. The number of aromatic carboxylic acids is 2. The van der Waals surface area contributed by atoms with Crippen molar-refractivity contribution < 1.29 is 19.8 Å². The molecular formula is C22H34O4. The Morgan fingerprint density at radius 2 is 1.31 bits per heavy atom. The Hall–Kier alpha value is -1.84. The van der Waals surface area contributed by atoms with Gasteiger partial charge in [-0.3, -0.25) is 0 Å². The second kappa shape index (κ2) is 7.81. The van der Waals surface area contributed by atoms with Crippen LogP contribution in [-0.2, 0) is 12.8 Å². The van der Waals surface area contributed by atoms with Gasteiger partial charge in [0.2, 0.25) is 0 Å². The summed E-state index contributed by atoms with van der Waals surface area (Å²) in [6.45, 7) is 17.1. The first-order chi connectivity index (χ1) is 11.7. The van der Waals surface area contributed by atoms with E-state index in [0.29, 0.717) is 30.2 Å². The van der Waals surface area contributed by atoms with Gasteiger partial charge in [-0.1, -0.05) is 61.5 Å². The normalized spacial score (nSPS) is 12.7. The minimum Gasteiger partial charge on any atom is -0.478 e. The minimum atomic E-state index is -1.19. The van der Waals surface area contributed by atoms with Gasteiger partial charge in [-0.05, 0) is 52.7 Å². The summed E-state index contributed by atoms with van der Waals surface area (Å²) in [4.78, 5) is 23.6. The minimum absolute atomic E-state index is 0.0166. The molecule has 0 spiro atoms. The molecule has 0 heterocycles. The molecule has 4 heteroatoms. The van der Waals surface area contributed by atoms with Gasteiger partial charge in [-0.2, -0.15) is 0 Å². The molecule has 0 atom stereocenters. The third kappa shape index (κ3) is 4.87. The maximum atomic E-state index is 12.0. The highest BCUT2D eigenvalue weighted by Gasteiger charge is 2.32. The Balaban J connectivity index is 3.67. The van der Waals surface area contributed by atoms with E-state index < -0.39 is 11.9 Å². The molecule has 0 aliphatic heterocycles. The number of rotatable bonds is 8. The van der Waals surface area contributed by atoms with Gasteiger partial charge in [0, 0.05) is 0 Å². The molecule has 1 aromatic carbocycles. The van der Waals surface area contributed by atoms with Crippen LogP contribution in [0.5, 0.6) is 0 Å². The summed E-state index contributed by atoms with van der Waals surface area (Å²) in [6.07, 6.45) is 1.26. The largest absolute Gasteiger partial charge is 0.478 e. The lowest BCUT2D eigenvalue weighted by atomic mass is 9.71. The molecule has 0 aliphatic carbocycles. The Kier molecular flexibility index (Phi) is 6.67. The van der Waals surface area contributed by atoms with Crippen LogP contribution in [0.25, 0.3) is 0 Å². The van der Waals surface area contributed by atoms with Crippen molar-refractivity contribution in [1.29, 1.82) is 0 Å². The van der Waals surface area contributed by atoms with Crippen LogP contribution in [0, 0.1) is 22.7 Å². The van der Waals surface area contributed by atoms with Gasteiger partial charge in [-0.15, -0.1) is 0 Å². The zero-order valence-electron chi connectivity index (χ0n) is 17.4. The van der Waals surface area contributed by atoms with Crippen molar-refractivity contribution in [3.8, 4) is 0 Å². The van der Waals surface area contributed by atoms with Crippen molar-refractivity contribution in [3.05, 3.63) is 34.4 Å². The second-order valence-electron chi connectivity index (χ2n) is 9.38. The highest BCUT2D eigenvalue weighted by atomic mass is 16.4. The summed E-state index contributed by atoms with van der Waals surface area (Å²) in [7, 11) is 0. The van der Waals surface area contributed by atoms with Crippen LogP contribution in [0.4, 0.5) is 0 Å². The summed E-state index contributed by atoms with van der Waals surface area (Å²) < 4.78 is 0. The van der Waals surface area contributed by atoms with Gasteiger partial charge in [0.1, 0.15) is 0 Å². The lowest BCUT2D eigenvalue weighted by molar-refractivity contribution is 0.0649. The molecular weight excluding hydrogens is 328 g/mol. The highest BCUT2D eigenvalue weighted by molar-refractivity contribution is 6.03. The number of carboxylic acids is 2. The molecule has 1 rings (SSSR count). The van der Waals surface area contributed by atoms with Crippen LogP contribution in [0.15, 0.2) is 12.1 Å². The molecule has 0 saturated carbocycles. The number of carboxylic acid groups (broad SMARTS) is 2. The van der Waals surface area contributed by atoms with Crippen LogP contribution >= 0.6 is 0 Å². The number of hydrogen-bond donors (Lipinski definition) is 2. The van der Waals surface area contributed by atoms with Gasteiger partial charge >= 0.3 is 11.9 Å². The fourth-order valence-corrected chi connectivity index (χ4v) is 2.84. The lowest BCUT2D eigenvalue weighted by Crippen LogP contribution is -2.28. The van der Waals surface area contributed by atoms with E-state index in [1.54, 1.807) is 0 Å². The Morgan fingerprint density at radius 1 is 0.846 bits per heavy atom. The number of carbonyl (C=O) groups is 2. The fourth-order valence-electron chi connectivity index (χ4n) is 2.84. The Labute approximate surface area is 157 Å². The quantitative estimate of drug-likeness (QED) is 0.637. The van der Waals surface area contributed by atoms with Gasteiger partial charge in [0.25, 0.3) is 0 Å². The summed E-state index contributed by atoms with van der Waals surface area (Å²) in [6, 6.07) is 3.26. The van der Waals surface area contributed by atoms with Crippen molar-refractivity contribution in [3.63, 3.8) is 0 Å². The standard InChI is InChI=1S/C22H34O4/c1-13(2)21(5,6)11-15-9-10-16(19(23)24)18(20(25)26)17(15)12-22(7,8)14(3)4/h9-10,13-14H,11-12H2,1-8H3,(H,23,24)(H,25,26). The second-order valence-corrected chi connectivity index (χ2v) is 9.38. The zero-order valence-corrected chi connectivity index (χ0v) is 17.4. The Morgan fingerprint density at radius 3 is 1.69 bits per heavy atom. The molecule has 4 nitrogen and oxygen atoms in total. The molecule has 0 saturated heterocycles. The van der Waals surface area contributed by atoms with E-state index in [-0.39, 0.29) is 22.0 Å². The smallest absolute Gasteiger partial charge is 0.336 e. The van der Waals surface area contributed by atoms with Gasteiger partial charge < -0.3 is 10.2 Å².